The van der Waals surface area contributed by atoms with E-state index in [0.29, 0.717) is 16.8 Å². The minimum Gasteiger partial charge on any atom is -0.389 e. The van der Waals surface area contributed by atoms with Gasteiger partial charge in [-0.2, -0.15) is 23.4 Å². The number of aryl methyl sites for hydroxylation is 1. The van der Waals surface area contributed by atoms with Crippen LogP contribution in [0.25, 0.3) is 5.82 Å². The molecule has 0 saturated heterocycles. The molecule has 0 fully saturated rings. The number of thiocarbonyl (C=S) groups is 1. The van der Waals surface area contributed by atoms with Crippen LogP contribution in [0.15, 0.2) is 12.3 Å². The van der Waals surface area contributed by atoms with Gasteiger partial charge in [0.1, 0.15) is 4.99 Å². The van der Waals surface area contributed by atoms with Gasteiger partial charge in [0.15, 0.2) is 11.5 Å². The van der Waals surface area contributed by atoms with Crippen LogP contribution in [0.3, 0.4) is 0 Å². The predicted molar refractivity (Wildman–Crippen MR) is 69.5 cm³/mol. The standard InChI is InChI=1S/C11H10F3N5S/c1-5-6(2)16-17-10(8(5)9(15)20)19-4-3-7(18-19)11(12,13)14/h3-4H,1-2H3,(H2,15,20). The van der Waals surface area contributed by atoms with Crippen molar-refractivity contribution >= 4 is 17.2 Å². The zero-order valence-electron chi connectivity index (χ0n) is 10.6. The summed E-state index contributed by atoms with van der Waals surface area (Å²) < 4.78 is 38.6. The van der Waals surface area contributed by atoms with Crippen molar-refractivity contribution in [3.05, 3.63) is 34.8 Å². The van der Waals surface area contributed by atoms with Crippen molar-refractivity contribution in [3.8, 4) is 5.82 Å². The zero-order valence-corrected chi connectivity index (χ0v) is 11.4. The molecule has 0 aliphatic rings. The lowest BCUT2D eigenvalue weighted by atomic mass is 10.1. The van der Waals surface area contributed by atoms with Crippen molar-refractivity contribution in [1.82, 2.24) is 20.0 Å². The van der Waals surface area contributed by atoms with Crippen LogP contribution < -0.4 is 5.73 Å². The second kappa shape index (κ2) is 4.82. The fraction of sp³-hybridized carbons (Fsp3) is 0.273. The Morgan fingerprint density at radius 3 is 2.45 bits per heavy atom. The molecule has 2 heterocycles. The van der Waals surface area contributed by atoms with E-state index in [9.17, 15) is 13.2 Å². The van der Waals surface area contributed by atoms with Crippen molar-refractivity contribution in [2.45, 2.75) is 20.0 Å². The summed E-state index contributed by atoms with van der Waals surface area (Å²) in [4.78, 5) is 0.0274. The van der Waals surface area contributed by atoms with Gasteiger partial charge in [0, 0.05) is 6.20 Å². The molecule has 2 N–H and O–H groups in total. The van der Waals surface area contributed by atoms with E-state index in [4.69, 9.17) is 18.0 Å². The van der Waals surface area contributed by atoms with Gasteiger partial charge in [0.2, 0.25) is 0 Å². The summed E-state index contributed by atoms with van der Waals surface area (Å²) in [6.07, 6.45) is -3.38. The van der Waals surface area contributed by atoms with Gasteiger partial charge in [-0.05, 0) is 25.5 Å². The number of halogens is 3. The van der Waals surface area contributed by atoms with E-state index >= 15 is 0 Å². The van der Waals surface area contributed by atoms with E-state index in [-0.39, 0.29) is 10.8 Å². The van der Waals surface area contributed by atoms with Crippen LogP contribution in [0, 0.1) is 13.8 Å². The Morgan fingerprint density at radius 1 is 1.30 bits per heavy atom. The van der Waals surface area contributed by atoms with Crippen LogP contribution in [0.5, 0.6) is 0 Å². The van der Waals surface area contributed by atoms with Crippen LogP contribution >= 0.6 is 12.2 Å². The second-order valence-corrected chi connectivity index (χ2v) is 4.56. The molecule has 0 saturated carbocycles. The molecule has 106 valence electrons. The van der Waals surface area contributed by atoms with Gasteiger partial charge in [-0.3, -0.25) is 0 Å². The SMILES string of the molecule is Cc1nnc(-n2ccc(C(F)(F)F)n2)c(C(N)=S)c1C. The average molecular weight is 301 g/mol. The Bertz CT molecular complexity index is 677. The summed E-state index contributed by atoms with van der Waals surface area (Å²) in [6, 6.07) is 0.847. The van der Waals surface area contributed by atoms with Crippen molar-refractivity contribution in [3.63, 3.8) is 0 Å². The van der Waals surface area contributed by atoms with E-state index in [0.717, 1.165) is 16.9 Å². The van der Waals surface area contributed by atoms with Gasteiger partial charge in [-0.1, -0.05) is 12.2 Å². The molecule has 2 rings (SSSR count). The molecule has 0 atom stereocenters. The third-order valence-corrected chi connectivity index (χ3v) is 2.98. The smallest absolute Gasteiger partial charge is 0.389 e. The molecule has 0 spiro atoms. The molecule has 0 unspecified atom stereocenters. The lowest BCUT2D eigenvalue weighted by Gasteiger charge is -2.11. The van der Waals surface area contributed by atoms with Gasteiger partial charge in [0.25, 0.3) is 0 Å². The molecular weight excluding hydrogens is 291 g/mol. The molecule has 0 aromatic carbocycles. The van der Waals surface area contributed by atoms with Gasteiger partial charge in [-0.25, -0.2) is 4.68 Å². The van der Waals surface area contributed by atoms with E-state index in [1.165, 1.54) is 0 Å². The summed E-state index contributed by atoms with van der Waals surface area (Å²) in [7, 11) is 0. The maximum absolute atomic E-state index is 12.6. The summed E-state index contributed by atoms with van der Waals surface area (Å²) in [6.45, 7) is 3.42. The van der Waals surface area contributed by atoms with Gasteiger partial charge < -0.3 is 5.73 Å². The molecular formula is C11H10F3N5S. The van der Waals surface area contributed by atoms with Crippen LogP contribution in [0.1, 0.15) is 22.5 Å². The minimum absolute atomic E-state index is 0.0274. The maximum atomic E-state index is 12.6. The first-order valence-corrected chi connectivity index (χ1v) is 5.89. The normalized spacial score (nSPS) is 11.7. The quantitative estimate of drug-likeness (QED) is 0.858. The minimum atomic E-state index is -4.53. The Morgan fingerprint density at radius 2 is 1.95 bits per heavy atom. The summed E-state index contributed by atoms with van der Waals surface area (Å²) in [5.74, 6) is 0.0797. The van der Waals surface area contributed by atoms with Crippen LogP contribution in [0.4, 0.5) is 13.2 Å². The number of hydrogen-bond donors (Lipinski definition) is 1. The molecule has 2 aromatic rings. The molecule has 0 radical (unpaired) electrons. The van der Waals surface area contributed by atoms with Gasteiger partial charge in [-0.15, -0.1) is 5.10 Å². The van der Waals surface area contributed by atoms with Crippen molar-refractivity contribution in [1.29, 1.82) is 0 Å². The molecule has 5 nitrogen and oxygen atoms in total. The molecule has 0 aliphatic heterocycles. The van der Waals surface area contributed by atoms with E-state index in [1.807, 2.05) is 0 Å². The Balaban J connectivity index is 2.62. The third-order valence-electron chi connectivity index (χ3n) is 2.78. The summed E-state index contributed by atoms with van der Waals surface area (Å²) >= 11 is 4.92. The van der Waals surface area contributed by atoms with Crippen molar-refractivity contribution < 1.29 is 13.2 Å². The largest absolute Gasteiger partial charge is 0.435 e. The highest BCUT2D eigenvalue weighted by Gasteiger charge is 2.34. The lowest BCUT2D eigenvalue weighted by Crippen LogP contribution is -2.19. The number of alkyl halides is 3. The average Bonchev–Trinajstić information content (AvgIpc) is 2.80. The first-order valence-electron chi connectivity index (χ1n) is 5.48. The number of aromatic nitrogens is 4. The maximum Gasteiger partial charge on any atom is 0.435 e. The van der Waals surface area contributed by atoms with E-state index in [1.54, 1.807) is 13.8 Å². The first-order chi connectivity index (χ1) is 9.21. The van der Waals surface area contributed by atoms with Crippen LogP contribution in [-0.4, -0.2) is 25.0 Å². The van der Waals surface area contributed by atoms with Gasteiger partial charge in [0.05, 0.1) is 11.3 Å². The highest BCUT2D eigenvalue weighted by atomic mass is 32.1. The topological polar surface area (TPSA) is 69.6 Å². The predicted octanol–water partition coefficient (Wildman–Crippen LogP) is 1.93. The molecule has 2 aromatic heterocycles. The molecule has 20 heavy (non-hydrogen) atoms. The molecule has 9 heteroatoms. The molecule has 0 amide bonds. The van der Waals surface area contributed by atoms with Crippen LogP contribution in [-0.2, 0) is 6.18 Å². The number of nitrogens with zero attached hydrogens (tertiary/aromatic N) is 4. The monoisotopic (exact) mass is 301 g/mol. The van der Waals surface area contributed by atoms with E-state index < -0.39 is 11.9 Å². The Hall–Kier alpha value is -2.03. The van der Waals surface area contributed by atoms with Crippen molar-refractivity contribution in [2.75, 3.05) is 0 Å². The Labute approximate surface area is 117 Å². The van der Waals surface area contributed by atoms with Crippen LogP contribution in [0.2, 0.25) is 0 Å². The zero-order chi connectivity index (χ0) is 15.1. The molecule has 0 aliphatic carbocycles. The summed E-state index contributed by atoms with van der Waals surface area (Å²) in [5.41, 5.74) is 6.21. The van der Waals surface area contributed by atoms with Crippen molar-refractivity contribution in [2.24, 2.45) is 5.73 Å². The second-order valence-electron chi connectivity index (χ2n) is 4.12. The lowest BCUT2D eigenvalue weighted by molar-refractivity contribution is -0.141. The number of hydrogen-bond acceptors (Lipinski definition) is 4. The summed E-state index contributed by atoms with van der Waals surface area (Å²) in [5, 5.41) is 11.1. The number of rotatable bonds is 2. The number of nitrogens with two attached hydrogens (primary N) is 1. The highest BCUT2D eigenvalue weighted by molar-refractivity contribution is 7.80. The fourth-order valence-electron chi connectivity index (χ4n) is 1.64. The van der Waals surface area contributed by atoms with E-state index in [2.05, 4.69) is 15.3 Å². The first kappa shape index (κ1) is 14.4. The van der Waals surface area contributed by atoms with Gasteiger partial charge >= 0.3 is 6.18 Å². The molecule has 0 bridgehead atoms. The third kappa shape index (κ3) is 2.48. The fourth-order valence-corrected chi connectivity index (χ4v) is 1.89. The highest BCUT2D eigenvalue weighted by Crippen LogP contribution is 2.28. The Kier molecular flexibility index (Phi) is 3.46.